The van der Waals surface area contributed by atoms with Gasteiger partial charge in [-0.15, -0.1) is 0 Å². The molecule has 18 heavy (non-hydrogen) atoms. The number of aromatic amines is 1. The molecule has 0 aliphatic heterocycles. The lowest BCUT2D eigenvalue weighted by atomic mass is 10.0. The van der Waals surface area contributed by atoms with E-state index in [9.17, 15) is 9.50 Å². The molecule has 0 amide bonds. The highest BCUT2D eigenvalue weighted by molar-refractivity contribution is 6.30. The summed E-state index contributed by atoms with van der Waals surface area (Å²) in [7, 11) is 0. The van der Waals surface area contributed by atoms with E-state index < -0.39 is 11.9 Å². The van der Waals surface area contributed by atoms with E-state index in [0.29, 0.717) is 11.3 Å². The average Bonchev–Trinajstić information content (AvgIpc) is 2.60. The van der Waals surface area contributed by atoms with Crippen LogP contribution in [0.4, 0.5) is 4.39 Å². The lowest BCUT2D eigenvalue weighted by Gasteiger charge is -2.11. The third-order valence-electron chi connectivity index (χ3n) is 3.38. The second-order valence-corrected chi connectivity index (χ2v) is 4.90. The van der Waals surface area contributed by atoms with Gasteiger partial charge in [-0.25, -0.2) is 4.39 Å². The fourth-order valence-electron chi connectivity index (χ4n) is 2.00. The second kappa shape index (κ2) is 4.75. The zero-order valence-corrected chi connectivity index (χ0v) is 11.3. The van der Waals surface area contributed by atoms with Gasteiger partial charge < -0.3 is 10.1 Å². The fraction of sp³-hybridized carbons (Fsp3) is 0.286. The molecule has 2 rings (SSSR count). The van der Waals surface area contributed by atoms with E-state index in [2.05, 4.69) is 4.98 Å². The molecular formula is C14H15ClFNO. The van der Waals surface area contributed by atoms with Crippen molar-refractivity contribution in [3.05, 3.63) is 57.1 Å². The molecular weight excluding hydrogens is 253 g/mol. The van der Waals surface area contributed by atoms with Gasteiger partial charge in [0.1, 0.15) is 11.9 Å². The van der Waals surface area contributed by atoms with Gasteiger partial charge in [-0.3, -0.25) is 0 Å². The summed E-state index contributed by atoms with van der Waals surface area (Å²) < 4.78 is 13.4. The molecule has 2 N–H and O–H groups in total. The molecule has 0 aliphatic carbocycles. The third-order valence-corrected chi connectivity index (χ3v) is 3.69. The minimum Gasteiger partial charge on any atom is -0.382 e. The zero-order valence-electron chi connectivity index (χ0n) is 10.5. The maximum atomic E-state index is 13.4. The van der Waals surface area contributed by atoms with E-state index in [4.69, 9.17) is 11.6 Å². The van der Waals surface area contributed by atoms with Crippen molar-refractivity contribution in [2.24, 2.45) is 0 Å². The van der Waals surface area contributed by atoms with E-state index in [1.807, 2.05) is 20.8 Å². The number of hydrogen-bond acceptors (Lipinski definition) is 1. The van der Waals surface area contributed by atoms with Crippen LogP contribution in [0.15, 0.2) is 18.2 Å². The van der Waals surface area contributed by atoms with Crippen molar-refractivity contribution < 1.29 is 9.50 Å². The summed E-state index contributed by atoms with van der Waals surface area (Å²) in [6.07, 6.45) is -0.871. The number of aromatic nitrogens is 1. The van der Waals surface area contributed by atoms with Crippen molar-refractivity contribution in [1.29, 1.82) is 0 Å². The Kier molecular flexibility index (Phi) is 3.46. The first-order chi connectivity index (χ1) is 8.41. The molecule has 4 heteroatoms. The highest BCUT2D eigenvalue weighted by Gasteiger charge is 2.18. The molecule has 0 saturated carbocycles. The summed E-state index contributed by atoms with van der Waals surface area (Å²) in [5, 5.41) is 10.3. The monoisotopic (exact) mass is 267 g/mol. The molecule has 0 fully saturated rings. The van der Waals surface area contributed by atoms with E-state index in [1.165, 1.54) is 12.1 Å². The van der Waals surface area contributed by atoms with Gasteiger partial charge in [-0.2, -0.15) is 0 Å². The first-order valence-corrected chi connectivity index (χ1v) is 6.08. The molecule has 1 atom stereocenters. The Balaban J connectivity index is 2.44. The third kappa shape index (κ3) is 2.16. The molecule has 2 aromatic rings. The Morgan fingerprint density at radius 2 is 1.89 bits per heavy atom. The van der Waals surface area contributed by atoms with Crippen molar-refractivity contribution in [2.75, 3.05) is 0 Å². The van der Waals surface area contributed by atoms with Gasteiger partial charge >= 0.3 is 0 Å². The normalized spacial score (nSPS) is 12.8. The molecule has 0 aliphatic rings. The quantitative estimate of drug-likeness (QED) is 0.853. The van der Waals surface area contributed by atoms with Gasteiger partial charge in [0.25, 0.3) is 0 Å². The Morgan fingerprint density at radius 3 is 2.39 bits per heavy atom. The SMILES string of the molecule is Cc1[nH]c(C(O)c2ccc(Cl)c(F)c2)c(C)c1C. The van der Waals surface area contributed by atoms with Crippen molar-refractivity contribution in [2.45, 2.75) is 26.9 Å². The van der Waals surface area contributed by atoms with Crippen LogP contribution >= 0.6 is 11.6 Å². The number of hydrogen-bond donors (Lipinski definition) is 2. The molecule has 2 nitrogen and oxygen atoms in total. The van der Waals surface area contributed by atoms with Crippen molar-refractivity contribution in [3.8, 4) is 0 Å². The van der Waals surface area contributed by atoms with Crippen LogP contribution in [0.3, 0.4) is 0 Å². The summed E-state index contributed by atoms with van der Waals surface area (Å²) in [4.78, 5) is 3.14. The number of benzene rings is 1. The van der Waals surface area contributed by atoms with Gasteiger partial charge in [-0.1, -0.05) is 17.7 Å². The van der Waals surface area contributed by atoms with Crippen LogP contribution < -0.4 is 0 Å². The maximum absolute atomic E-state index is 13.4. The van der Waals surface area contributed by atoms with Crippen molar-refractivity contribution in [3.63, 3.8) is 0 Å². The molecule has 0 bridgehead atoms. The number of rotatable bonds is 2. The fourth-order valence-corrected chi connectivity index (χ4v) is 2.11. The number of aliphatic hydroxyl groups is 1. The van der Waals surface area contributed by atoms with Gasteiger partial charge in [0.05, 0.1) is 10.7 Å². The smallest absolute Gasteiger partial charge is 0.142 e. The lowest BCUT2D eigenvalue weighted by Crippen LogP contribution is -2.02. The first kappa shape index (κ1) is 13.1. The van der Waals surface area contributed by atoms with Gasteiger partial charge in [-0.05, 0) is 49.6 Å². The first-order valence-electron chi connectivity index (χ1n) is 5.70. The van der Waals surface area contributed by atoms with E-state index in [1.54, 1.807) is 6.07 Å². The lowest BCUT2D eigenvalue weighted by molar-refractivity contribution is 0.214. The summed E-state index contributed by atoms with van der Waals surface area (Å²) >= 11 is 5.63. The molecule has 0 saturated heterocycles. The summed E-state index contributed by atoms with van der Waals surface area (Å²) in [6.45, 7) is 5.87. The van der Waals surface area contributed by atoms with Crippen molar-refractivity contribution in [1.82, 2.24) is 4.98 Å². The van der Waals surface area contributed by atoms with E-state index in [0.717, 1.165) is 16.8 Å². The van der Waals surface area contributed by atoms with Crippen LogP contribution in [0.2, 0.25) is 5.02 Å². The van der Waals surface area contributed by atoms with E-state index >= 15 is 0 Å². The highest BCUT2D eigenvalue weighted by atomic mass is 35.5. The van der Waals surface area contributed by atoms with Gasteiger partial charge in [0.15, 0.2) is 0 Å². The number of halogens is 2. The highest BCUT2D eigenvalue weighted by Crippen LogP contribution is 2.29. The number of aliphatic hydroxyl groups excluding tert-OH is 1. The van der Waals surface area contributed by atoms with Gasteiger partial charge in [0.2, 0.25) is 0 Å². The van der Waals surface area contributed by atoms with Crippen molar-refractivity contribution >= 4 is 11.6 Å². The minimum absolute atomic E-state index is 0.0570. The topological polar surface area (TPSA) is 36.0 Å². The molecule has 0 radical (unpaired) electrons. The van der Waals surface area contributed by atoms with Crippen LogP contribution in [-0.2, 0) is 0 Å². The molecule has 96 valence electrons. The average molecular weight is 268 g/mol. The Labute approximate surface area is 110 Å². The molecule has 1 heterocycles. The van der Waals surface area contributed by atoms with Crippen LogP contribution in [0, 0.1) is 26.6 Å². The van der Waals surface area contributed by atoms with Crippen LogP contribution in [-0.4, -0.2) is 10.1 Å². The summed E-state index contributed by atoms with van der Waals surface area (Å²) in [5.74, 6) is -0.522. The zero-order chi connectivity index (χ0) is 13.4. The van der Waals surface area contributed by atoms with Crippen LogP contribution in [0.1, 0.15) is 34.2 Å². The Morgan fingerprint density at radius 1 is 1.22 bits per heavy atom. The number of nitrogens with one attached hydrogen (secondary N) is 1. The Bertz CT molecular complexity index is 592. The largest absolute Gasteiger partial charge is 0.382 e. The molecule has 1 unspecified atom stereocenters. The maximum Gasteiger partial charge on any atom is 0.142 e. The predicted octanol–water partition coefficient (Wildman–Crippen LogP) is 3.81. The summed E-state index contributed by atoms with van der Waals surface area (Å²) in [5.41, 5.74) is 4.30. The number of H-pyrrole nitrogens is 1. The molecule has 1 aromatic carbocycles. The minimum atomic E-state index is -0.871. The van der Waals surface area contributed by atoms with Crippen LogP contribution in [0.5, 0.6) is 0 Å². The van der Waals surface area contributed by atoms with E-state index in [-0.39, 0.29) is 5.02 Å². The summed E-state index contributed by atoms with van der Waals surface area (Å²) in [6, 6.07) is 4.34. The molecule has 1 aromatic heterocycles. The molecule has 0 spiro atoms. The van der Waals surface area contributed by atoms with Crippen LogP contribution in [0.25, 0.3) is 0 Å². The van der Waals surface area contributed by atoms with Gasteiger partial charge in [0, 0.05) is 5.69 Å². The Hall–Kier alpha value is -1.32. The predicted molar refractivity (Wildman–Crippen MR) is 70.5 cm³/mol. The standard InChI is InChI=1S/C14H15ClFNO/c1-7-8(2)13(17-9(7)3)14(18)10-4-5-11(15)12(16)6-10/h4-6,14,17-18H,1-3H3. The second-order valence-electron chi connectivity index (χ2n) is 4.49. The number of aryl methyl sites for hydroxylation is 1.